The highest BCUT2D eigenvalue weighted by Gasteiger charge is 2.36. The first-order chi connectivity index (χ1) is 11.3. The number of Topliss-reactive ketones (excluding diaryl/α,β-unsaturated/α-hetero) is 1. The number of carbonyl (C=O) groups excluding carboxylic acids is 2. The van der Waals surface area contributed by atoms with Gasteiger partial charge in [-0.25, -0.2) is 26.7 Å². The smallest absolute Gasteiger partial charge is 0.330 e. The fraction of sp³-hybridized carbons (Fsp3) is 0.333. The maximum atomic E-state index is 13.7. The second kappa shape index (κ2) is 7.08. The molecule has 2 rings (SSSR count). The van der Waals surface area contributed by atoms with E-state index in [0.717, 1.165) is 6.08 Å². The average Bonchev–Trinajstić information content (AvgIpc) is 3.38. The third-order valence-corrected chi connectivity index (χ3v) is 3.35. The van der Waals surface area contributed by atoms with E-state index in [9.17, 15) is 31.5 Å². The number of nitrogens with one attached hydrogen (secondary N) is 1. The number of ketones is 1. The number of hydrogen-bond donors (Lipinski definition) is 1. The highest BCUT2D eigenvalue weighted by Crippen LogP contribution is 2.26. The van der Waals surface area contributed by atoms with Gasteiger partial charge in [-0.2, -0.15) is 0 Å². The topological polar surface area (TPSA) is 55.4 Å². The van der Waals surface area contributed by atoms with Crippen LogP contribution >= 0.6 is 0 Å². The molecule has 0 heterocycles. The van der Waals surface area contributed by atoms with E-state index in [4.69, 9.17) is 0 Å². The van der Waals surface area contributed by atoms with E-state index in [1.54, 1.807) is 0 Å². The highest BCUT2D eigenvalue weighted by atomic mass is 19.2. The van der Waals surface area contributed by atoms with E-state index in [1.165, 1.54) is 0 Å². The van der Waals surface area contributed by atoms with Crippen molar-refractivity contribution in [2.45, 2.75) is 24.9 Å². The van der Waals surface area contributed by atoms with Gasteiger partial charge in [0, 0.05) is 12.1 Å². The van der Waals surface area contributed by atoms with Crippen LogP contribution in [0.1, 0.15) is 23.2 Å². The zero-order chi connectivity index (χ0) is 18.0. The molecule has 1 fully saturated rings. The van der Waals surface area contributed by atoms with Crippen molar-refractivity contribution >= 4 is 11.8 Å². The molecule has 0 radical (unpaired) electrons. The number of rotatable bonds is 7. The van der Waals surface area contributed by atoms with Gasteiger partial charge < -0.3 is 10.1 Å². The molecule has 1 aliphatic rings. The van der Waals surface area contributed by atoms with Crippen LogP contribution < -0.4 is 5.32 Å². The minimum absolute atomic E-state index is 0.164. The Morgan fingerprint density at radius 2 is 1.58 bits per heavy atom. The van der Waals surface area contributed by atoms with Crippen molar-refractivity contribution in [1.82, 2.24) is 5.32 Å². The molecule has 0 spiro atoms. The van der Waals surface area contributed by atoms with Gasteiger partial charge in [-0.05, 0) is 12.8 Å². The summed E-state index contributed by atoms with van der Waals surface area (Å²) in [5.74, 6) is -13.5. The van der Waals surface area contributed by atoms with E-state index >= 15 is 0 Å². The van der Waals surface area contributed by atoms with E-state index in [0.29, 0.717) is 12.8 Å². The molecule has 0 saturated heterocycles. The van der Waals surface area contributed by atoms with E-state index in [2.05, 4.69) is 16.6 Å². The molecule has 1 unspecified atom stereocenters. The lowest BCUT2D eigenvalue weighted by Gasteiger charge is -2.18. The van der Waals surface area contributed by atoms with Gasteiger partial charge >= 0.3 is 5.97 Å². The Morgan fingerprint density at radius 1 is 1.08 bits per heavy atom. The van der Waals surface area contributed by atoms with E-state index in [1.807, 2.05) is 0 Å². The highest BCUT2D eigenvalue weighted by molar-refractivity contribution is 6.01. The summed E-state index contributed by atoms with van der Waals surface area (Å²) < 4.78 is 71.6. The molecule has 1 saturated carbocycles. The summed E-state index contributed by atoms with van der Waals surface area (Å²) in [4.78, 5) is 23.3. The molecule has 1 atom stereocenters. The molecule has 0 amide bonds. The molecule has 1 aromatic carbocycles. The molecule has 4 nitrogen and oxygen atoms in total. The minimum atomic E-state index is -2.36. The van der Waals surface area contributed by atoms with Crippen molar-refractivity contribution < 1.29 is 36.3 Å². The normalized spacial score (nSPS) is 15.0. The van der Waals surface area contributed by atoms with Gasteiger partial charge in [-0.3, -0.25) is 4.79 Å². The number of halogens is 5. The summed E-state index contributed by atoms with van der Waals surface area (Å²) in [5.41, 5.74) is -1.57. The monoisotopic (exact) mass is 349 g/mol. The van der Waals surface area contributed by atoms with Crippen LogP contribution in [0, 0.1) is 29.1 Å². The van der Waals surface area contributed by atoms with E-state index in [-0.39, 0.29) is 6.04 Å². The second-order valence-corrected chi connectivity index (χ2v) is 5.14. The predicted molar refractivity (Wildman–Crippen MR) is 71.7 cm³/mol. The quantitative estimate of drug-likeness (QED) is 0.205. The zero-order valence-corrected chi connectivity index (χ0v) is 12.2. The Balaban J connectivity index is 2.34. The first kappa shape index (κ1) is 18.1. The molecule has 1 aromatic rings. The molecule has 0 aromatic heterocycles. The van der Waals surface area contributed by atoms with Crippen molar-refractivity contribution in [3.8, 4) is 0 Å². The molecule has 0 bridgehead atoms. The number of hydrogen-bond acceptors (Lipinski definition) is 4. The first-order valence-electron chi connectivity index (χ1n) is 6.88. The van der Waals surface area contributed by atoms with Gasteiger partial charge in [0.2, 0.25) is 5.82 Å². The van der Waals surface area contributed by atoms with Gasteiger partial charge in [0.15, 0.2) is 29.1 Å². The first-order valence-corrected chi connectivity index (χ1v) is 6.88. The minimum Gasteiger partial charge on any atom is -0.460 e. The van der Waals surface area contributed by atoms with Crippen LogP contribution in [0.15, 0.2) is 12.7 Å². The lowest BCUT2D eigenvalue weighted by atomic mass is 10.0. The summed E-state index contributed by atoms with van der Waals surface area (Å²) >= 11 is 0. The molecular formula is C15H12F5NO3. The summed E-state index contributed by atoms with van der Waals surface area (Å²) in [6.07, 6.45) is 2.13. The summed E-state index contributed by atoms with van der Waals surface area (Å²) in [7, 11) is 0. The van der Waals surface area contributed by atoms with Crippen LogP contribution in [-0.2, 0) is 9.53 Å². The van der Waals surface area contributed by atoms with Crippen molar-refractivity contribution in [3.05, 3.63) is 47.3 Å². The molecule has 24 heavy (non-hydrogen) atoms. The van der Waals surface area contributed by atoms with Gasteiger partial charge in [0.25, 0.3) is 0 Å². The lowest BCUT2D eigenvalue weighted by Crippen LogP contribution is -2.43. The van der Waals surface area contributed by atoms with Crippen molar-refractivity contribution in [1.29, 1.82) is 0 Å². The third-order valence-electron chi connectivity index (χ3n) is 3.35. The van der Waals surface area contributed by atoms with Crippen LogP contribution in [-0.4, -0.2) is 30.4 Å². The Bertz CT molecular complexity index is 674. The lowest BCUT2D eigenvalue weighted by molar-refractivity contribution is -0.138. The Kier molecular flexibility index (Phi) is 5.33. The summed E-state index contributed by atoms with van der Waals surface area (Å²) in [5, 5.41) is 2.64. The number of ether oxygens (including phenoxy) is 1. The molecule has 130 valence electrons. The SMILES string of the molecule is C=CC(=O)OCC(NC1CC1)C(=O)c1c(F)c(F)c(F)c(F)c1F. The van der Waals surface area contributed by atoms with Crippen molar-refractivity contribution in [3.63, 3.8) is 0 Å². The molecule has 1 N–H and O–H groups in total. The van der Waals surface area contributed by atoms with Gasteiger partial charge in [0.1, 0.15) is 12.6 Å². The van der Waals surface area contributed by atoms with Crippen molar-refractivity contribution in [2.75, 3.05) is 6.61 Å². The van der Waals surface area contributed by atoms with Crippen LogP contribution in [0.5, 0.6) is 0 Å². The second-order valence-electron chi connectivity index (χ2n) is 5.14. The fourth-order valence-corrected chi connectivity index (χ4v) is 1.95. The maximum absolute atomic E-state index is 13.7. The Hall–Kier alpha value is -2.29. The summed E-state index contributed by atoms with van der Waals surface area (Å²) in [6, 6.07) is -1.61. The standard InChI is InChI=1S/C15H12F5NO3/c1-2-8(22)24-5-7(21-6-3-4-6)15(23)9-10(16)12(18)14(20)13(19)11(9)17/h2,6-7,21H,1,3-5H2. The van der Waals surface area contributed by atoms with E-state index < -0.39 is 59.1 Å². The maximum Gasteiger partial charge on any atom is 0.330 e. The molecule has 9 heteroatoms. The Morgan fingerprint density at radius 3 is 2.04 bits per heavy atom. The zero-order valence-electron chi connectivity index (χ0n) is 12.2. The Labute approximate surface area is 133 Å². The van der Waals surface area contributed by atoms with Crippen molar-refractivity contribution in [2.24, 2.45) is 0 Å². The van der Waals surface area contributed by atoms with Crippen LogP contribution in [0.2, 0.25) is 0 Å². The number of benzene rings is 1. The third kappa shape index (κ3) is 3.61. The van der Waals surface area contributed by atoms with Gasteiger partial charge in [-0.1, -0.05) is 6.58 Å². The summed E-state index contributed by atoms with van der Waals surface area (Å²) in [6.45, 7) is 2.50. The average molecular weight is 349 g/mol. The van der Waals surface area contributed by atoms with Gasteiger partial charge in [-0.15, -0.1) is 0 Å². The number of esters is 1. The predicted octanol–water partition coefficient (Wildman–Crippen LogP) is 2.41. The van der Waals surface area contributed by atoms with Crippen LogP contribution in [0.25, 0.3) is 0 Å². The van der Waals surface area contributed by atoms with Crippen LogP contribution in [0.4, 0.5) is 22.0 Å². The largest absolute Gasteiger partial charge is 0.460 e. The van der Waals surface area contributed by atoms with Crippen LogP contribution in [0.3, 0.4) is 0 Å². The molecule has 1 aliphatic carbocycles. The fourth-order valence-electron chi connectivity index (χ4n) is 1.95. The van der Waals surface area contributed by atoms with Gasteiger partial charge in [0.05, 0.1) is 5.56 Å². The molecule has 0 aliphatic heterocycles. The molecular weight excluding hydrogens is 337 g/mol. The number of carbonyl (C=O) groups is 2.